The van der Waals surface area contributed by atoms with E-state index in [9.17, 15) is 5.11 Å². The van der Waals surface area contributed by atoms with Crippen molar-refractivity contribution in [1.82, 2.24) is 9.80 Å². The van der Waals surface area contributed by atoms with Crippen LogP contribution in [0.5, 0.6) is 11.5 Å². The summed E-state index contributed by atoms with van der Waals surface area (Å²) in [5, 5.41) is 9.98. The van der Waals surface area contributed by atoms with E-state index in [0.717, 1.165) is 31.6 Å². The van der Waals surface area contributed by atoms with Crippen molar-refractivity contribution in [2.24, 2.45) is 0 Å². The smallest absolute Gasteiger partial charge is 0.160 e. The van der Waals surface area contributed by atoms with E-state index in [0.29, 0.717) is 11.8 Å². The molecule has 0 unspecified atom stereocenters. The van der Waals surface area contributed by atoms with Crippen molar-refractivity contribution < 1.29 is 9.84 Å². The molecule has 0 bridgehead atoms. The second-order valence-electron chi connectivity index (χ2n) is 7.25. The molecule has 1 aliphatic rings. The van der Waals surface area contributed by atoms with Crippen LogP contribution in [0, 0.1) is 0 Å². The van der Waals surface area contributed by atoms with Crippen LogP contribution in [0.25, 0.3) is 0 Å². The van der Waals surface area contributed by atoms with Gasteiger partial charge in [0, 0.05) is 25.7 Å². The van der Waals surface area contributed by atoms with E-state index >= 15 is 0 Å². The Morgan fingerprint density at radius 3 is 2.69 bits per heavy atom. The van der Waals surface area contributed by atoms with E-state index in [2.05, 4.69) is 47.2 Å². The Morgan fingerprint density at radius 1 is 1.15 bits per heavy atom. The van der Waals surface area contributed by atoms with Crippen LogP contribution in [0.4, 0.5) is 0 Å². The number of likely N-dealkylation sites (tertiary alicyclic amines) is 1. The average Bonchev–Trinajstić information content (AvgIpc) is 2.67. The van der Waals surface area contributed by atoms with Crippen molar-refractivity contribution >= 4 is 0 Å². The zero-order chi connectivity index (χ0) is 18.4. The summed E-state index contributed by atoms with van der Waals surface area (Å²) in [4.78, 5) is 5.00. The van der Waals surface area contributed by atoms with Crippen molar-refractivity contribution in [2.45, 2.75) is 31.8 Å². The monoisotopic (exact) mass is 354 g/mol. The number of rotatable bonds is 7. The van der Waals surface area contributed by atoms with E-state index in [4.69, 9.17) is 4.74 Å². The topological polar surface area (TPSA) is 35.9 Å². The fourth-order valence-electron chi connectivity index (χ4n) is 3.78. The molecule has 1 aliphatic heterocycles. The van der Waals surface area contributed by atoms with Gasteiger partial charge in [-0.15, -0.1) is 0 Å². The van der Waals surface area contributed by atoms with E-state index in [1.807, 2.05) is 18.2 Å². The fourth-order valence-corrected chi connectivity index (χ4v) is 3.78. The van der Waals surface area contributed by atoms with E-state index in [1.54, 1.807) is 7.11 Å². The van der Waals surface area contributed by atoms with Gasteiger partial charge in [-0.1, -0.05) is 36.4 Å². The highest BCUT2D eigenvalue weighted by Gasteiger charge is 2.23. The number of phenolic OH excluding ortho intramolecular Hbond substituents is 1. The molecule has 0 aromatic heterocycles. The van der Waals surface area contributed by atoms with Crippen molar-refractivity contribution in [2.75, 3.05) is 33.8 Å². The Balaban J connectivity index is 1.52. The summed E-state index contributed by atoms with van der Waals surface area (Å²) in [7, 11) is 3.76. The number of aromatic hydroxyl groups is 1. The lowest BCUT2D eigenvalue weighted by molar-refractivity contribution is 0.112. The Morgan fingerprint density at radius 2 is 1.96 bits per heavy atom. The van der Waals surface area contributed by atoms with Gasteiger partial charge in [-0.3, -0.25) is 4.90 Å². The second kappa shape index (κ2) is 9.06. The molecule has 2 aromatic carbocycles. The minimum atomic E-state index is 0.214. The van der Waals surface area contributed by atoms with Crippen LogP contribution in [-0.2, 0) is 13.0 Å². The van der Waals surface area contributed by atoms with Crippen LogP contribution < -0.4 is 4.74 Å². The third kappa shape index (κ3) is 4.99. The van der Waals surface area contributed by atoms with Gasteiger partial charge in [-0.2, -0.15) is 0 Å². The first-order valence-corrected chi connectivity index (χ1v) is 9.48. The quantitative estimate of drug-likeness (QED) is 0.825. The van der Waals surface area contributed by atoms with E-state index in [1.165, 1.54) is 24.9 Å². The number of hydrogen-bond donors (Lipinski definition) is 1. The highest BCUT2D eigenvalue weighted by molar-refractivity contribution is 5.41. The largest absolute Gasteiger partial charge is 0.504 e. The first-order chi connectivity index (χ1) is 12.7. The molecular formula is C22H30N2O2. The molecule has 0 radical (unpaired) electrons. The van der Waals surface area contributed by atoms with Crippen LogP contribution >= 0.6 is 0 Å². The van der Waals surface area contributed by atoms with Crippen molar-refractivity contribution in [3.8, 4) is 11.5 Å². The molecule has 1 atom stereocenters. The predicted molar refractivity (Wildman–Crippen MR) is 106 cm³/mol. The minimum absolute atomic E-state index is 0.214. The van der Waals surface area contributed by atoms with Crippen molar-refractivity contribution in [3.63, 3.8) is 0 Å². The lowest BCUT2D eigenvalue weighted by Gasteiger charge is -2.37. The number of nitrogens with zero attached hydrogens (tertiary/aromatic N) is 2. The first kappa shape index (κ1) is 18.7. The highest BCUT2D eigenvalue weighted by Crippen LogP contribution is 2.27. The Bertz CT molecular complexity index is 690. The van der Waals surface area contributed by atoms with E-state index in [-0.39, 0.29) is 5.75 Å². The number of benzene rings is 2. The zero-order valence-electron chi connectivity index (χ0n) is 15.9. The van der Waals surface area contributed by atoms with Gasteiger partial charge in [0.15, 0.2) is 11.5 Å². The summed E-state index contributed by atoms with van der Waals surface area (Å²) < 4.78 is 5.13. The summed E-state index contributed by atoms with van der Waals surface area (Å²) in [6, 6.07) is 17.0. The van der Waals surface area contributed by atoms with E-state index < -0.39 is 0 Å². The molecule has 0 amide bonds. The number of likely N-dealkylation sites (N-methyl/N-ethyl adjacent to an activating group) is 1. The molecule has 4 heteroatoms. The molecule has 0 spiro atoms. The summed E-state index contributed by atoms with van der Waals surface area (Å²) in [6.45, 7) is 4.28. The predicted octanol–water partition coefficient (Wildman–Crippen LogP) is 3.54. The third-order valence-electron chi connectivity index (χ3n) is 5.34. The number of hydrogen-bond acceptors (Lipinski definition) is 4. The van der Waals surface area contributed by atoms with Gasteiger partial charge >= 0.3 is 0 Å². The minimum Gasteiger partial charge on any atom is -0.504 e. The summed E-state index contributed by atoms with van der Waals surface area (Å²) in [5.74, 6) is 0.743. The molecule has 140 valence electrons. The molecule has 1 fully saturated rings. The van der Waals surface area contributed by atoms with Gasteiger partial charge in [0.05, 0.1) is 7.11 Å². The molecular weight excluding hydrogens is 324 g/mol. The molecule has 1 N–H and O–H groups in total. The van der Waals surface area contributed by atoms with Gasteiger partial charge < -0.3 is 14.7 Å². The van der Waals surface area contributed by atoms with Crippen LogP contribution in [0.2, 0.25) is 0 Å². The van der Waals surface area contributed by atoms with Gasteiger partial charge in [0.1, 0.15) is 0 Å². The standard InChI is InChI=1S/C22H30N2O2/c1-23(16-19-10-11-22(26-2)21(25)15-19)20-9-6-13-24(17-20)14-12-18-7-4-3-5-8-18/h3-5,7-8,10-11,15,20,25H,6,9,12-14,16-17H2,1-2H3/t20-/m0/s1. The Kier molecular flexibility index (Phi) is 6.53. The Hall–Kier alpha value is -2.04. The number of methoxy groups -OCH3 is 1. The Labute approximate surface area is 157 Å². The maximum atomic E-state index is 9.98. The maximum Gasteiger partial charge on any atom is 0.160 e. The molecule has 26 heavy (non-hydrogen) atoms. The normalized spacial score (nSPS) is 18.2. The summed E-state index contributed by atoms with van der Waals surface area (Å²) in [6.07, 6.45) is 3.60. The van der Waals surface area contributed by atoms with Gasteiger partial charge in [-0.05, 0) is 56.1 Å². The van der Waals surface area contributed by atoms with Crippen LogP contribution in [0.1, 0.15) is 24.0 Å². The van der Waals surface area contributed by atoms with Crippen molar-refractivity contribution in [3.05, 3.63) is 59.7 Å². The lowest BCUT2D eigenvalue weighted by Crippen LogP contribution is -2.46. The van der Waals surface area contributed by atoms with Gasteiger partial charge in [0.2, 0.25) is 0 Å². The van der Waals surface area contributed by atoms with Crippen LogP contribution in [0.3, 0.4) is 0 Å². The molecule has 0 saturated carbocycles. The average molecular weight is 354 g/mol. The lowest BCUT2D eigenvalue weighted by atomic mass is 10.0. The van der Waals surface area contributed by atoms with Crippen molar-refractivity contribution in [1.29, 1.82) is 0 Å². The maximum absolute atomic E-state index is 9.98. The number of piperidine rings is 1. The van der Waals surface area contributed by atoms with Crippen LogP contribution in [0.15, 0.2) is 48.5 Å². The highest BCUT2D eigenvalue weighted by atomic mass is 16.5. The second-order valence-corrected chi connectivity index (χ2v) is 7.25. The van der Waals surface area contributed by atoms with Gasteiger partial charge in [-0.25, -0.2) is 0 Å². The molecule has 1 heterocycles. The molecule has 4 nitrogen and oxygen atoms in total. The molecule has 3 rings (SSSR count). The van der Waals surface area contributed by atoms with Crippen LogP contribution in [-0.4, -0.2) is 54.7 Å². The SMILES string of the molecule is COc1ccc(CN(C)[C@H]2CCCN(CCc3ccccc3)C2)cc1O. The summed E-state index contributed by atoms with van der Waals surface area (Å²) in [5.41, 5.74) is 2.53. The number of phenols is 1. The first-order valence-electron chi connectivity index (χ1n) is 9.48. The molecule has 1 saturated heterocycles. The van der Waals surface area contributed by atoms with Gasteiger partial charge in [0.25, 0.3) is 0 Å². The number of ether oxygens (including phenoxy) is 1. The zero-order valence-corrected chi connectivity index (χ0v) is 15.9. The molecule has 2 aromatic rings. The third-order valence-corrected chi connectivity index (χ3v) is 5.34. The fraction of sp³-hybridized carbons (Fsp3) is 0.455. The molecule has 0 aliphatic carbocycles. The summed E-state index contributed by atoms with van der Waals surface area (Å²) >= 11 is 0.